The molecule has 0 unspecified atom stereocenters. The van der Waals surface area contributed by atoms with E-state index in [9.17, 15) is 24.9 Å². The Labute approximate surface area is 165 Å². The lowest BCUT2D eigenvalue weighted by Crippen LogP contribution is -2.60. The van der Waals surface area contributed by atoms with Crippen molar-refractivity contribution in [2.45, 2.75) is 37.4 Å². The van der Waals surface area contributed by atoms with E-state index < -0.39 is 54.7 Å². The highest BCUT2D eigenvalue weighted by atomic mass is 32.1. The van der Waals surface area contributed by atoms with E-state index in [1.165, 1.54) is 18.3 Å². The summed E-state index contributed by atoms with van der Waals surface area (Å²) in [6.07, 6.45) is -4.48. The molecule has 0 saturated carbocycles. The number of ether oxygens (including phenoxy) is 2. The second-order valence-corrected chi connectivity index (χ2v) is 6.89. The maximum atomic E-state index is 11.6. The van der Waals surface area contributed by atoms with Gasteiger partial charge in [0.05, 0.1) is 17.5 Å². The predicted molar refractivity (Wildman–Crippen MR) is 98.2 cm³/mol. The van der Waals surface area contributed by atoms with E-state index in [0.29, 0.717) is 0 Å². The number of aliphatic carboxylic acids is 1. The van der Waals surface area contributed by atoms with Gasteiger partial charge in [0.15, 0.2) is 6.10 Å². The van der Waals surface area contributed by atoms with Crippen molar-refractivity contribution < 1.29 is 39.5 Å². The second-order valence-electron chi connectivity index (χ2n) is 5.94. The third kappa shape index (κ3) is 5.79. The summed E-state index contributed by atoms with van der Waals surface area (Å²) in [7, 11) is 0. The van der Waals surface area contributed by atoms with Gasteiger partial charge in [0, 0.05) is 6.92 Å². The number of amides is 1. The molecule has 1 aromatic rings. The molecule has 10 heteroatoms. The molecule has 0 bridgehead atoms. The van der Waals surface area contributed by atoms with E-state index in [1.54, 1.807) is 0 Å². The molecular weight excluding hydrogens is 390 g/mol. The number of hydrogen-bond acceptors (Lipinski definition) is 8. The average molecular weight is 411 g/mol. The van der Waals surface area contributed by atoms with E-state index in [4.69, 9.17) is 14.6 Å². The molecule has 5 N–H and O–H groups in total. The Hall–Kier alpha value is -2.42. The summed E-state index contributed by atoms with van der Waals surface area (Å²) in [6.45, 7) is 0.376. The molecule has 1 aliphatic heterocycles. The summed E-state index contributed by atoms with van der Waals surface area (Å²) in [5, 5.41) is 42.7. The Kier molecular flexibility index (Phi) is 7.98. The van der Waals surface area contributed by atoms with Crippen molar-refractivity contribution in [3.05, 3.63) is 34.2 Å². The monoisotopic (exact) mass is 411 g/mol. The number of nitrogens with one attached hydrogen (secondary N) is 1. The first-order valence-electron chi connectivity index (χ1n) is 8.33. The van der Waals surface area contributed by atoms with Crippen LogP contribution in [0.15, 0.2) is 29.3 Å². The molecule has 0 saturated heterocycles. The Morgan fingerprint density at radius 1 is 1.43 bits per heavy atom. The lowest BCUT2D eigenvalue weighted by atomic mass is 9.93. The zero-order valence-electron chi connectivity index (χ0n) is 14.9. The van der Waals surface area contributed by atoms with Crippen LogP contribution in [0.2, 0.25) is 0 Å². The number of carbonyl (C=O) groups excluding carboxylic acids is 1. The molecule has 2 rings (SSSR count). The molecule has 1 aliphatic rings. The van der Waals surface area contributed by atoms with Gasteiger partial charge in [0.2, 0.25) is 11.7 Å². The third-order valence-corrected chi connectivity index (χ3v) is 4.65. The van der Waals surface area contributed by atoms with Gasteiger partial charge in [-0.25, -0.2) is 4.79 Å². The zero-order chi connectivity index (χ0) is 20.7. The van der Waals surface area contributed by atoms with Gasteiger partial charge in [0.25, 0.3) is 0 Å². The minimum absolute atomic E-state index is 0.0760. The van der Waals surface area contributed by atoms with Crippen LogP contribution in [0, 0.1) is 11.8 Å². The van der Waals surface area contributed by atoms with Crippen molar-refractivity contribution >= 4 is 23.2 Å². The summed E-state index contributed by atoms with van der Waals surface area (Å²) in [5.74, 6) is 3.28. The third-order valence-electron chi connectivity index (χ3n) is 3.87. The van der Waals surface area contributed by atoms with Gasteiger partial charge in [0.1, 0.15) is 24.9 Å². The van der Waals surface area contributed by atoms with Gasteiger partial charge < -0.3 is 35.2 Å². The number of carboxylic acid groups (broad SMARTS) is 1. The summed E-state index contributed by atoms with van der Waals surface area (Å²) in [6, 6.07) is 2.67. The van der Waals surface area contributed by atoms with Crippen molar-refractivity contribution in [3.8, 4) is 11.8 Å². The highest BCUT2D eigenvalue weighted by molar-refractivity contribution is 7.10. The van der Waals surface area contributed by atoms with Crippen LogP contribution in [0.5, 0.6) is 0 Å². The first kappa shape index (κ1) is 21.9. The van der Waals surface area contributed by atoms with Crippen LogP contribution in [-0.2, 0) is 19.1 Å². The van der Waals surface area contributed by atoms with E-state index >= 15 is 0 Å². The molecule has 0 radical (unpaired) electrons. The minimum atomic E-state index is -1.67. The summed E-state index contributed by atoms with van der Waals surface area (Å²) in [4.78, 5) is 23.8. The van der Waals surface area contributed by atoms with Crippen LogP contribution < -0.4 is 5.32 Å². The molecule has 0 aliphatic carbocycles. The predicted octanol–water partition coefficient (Wildman–Crippen LogP) is -0.929. The smallest absolute Gasteiger partial charge is 0.370 e. The van der Waals surface area contributed by atoms with Gasteiger partial charge >= 0.3 is 5.97 Å². The van der Waals surface area contributed by atoms with Crippen LogP contribution in [-0.4, -0.2) is 76.0 Å². The van der Waals surface area contributed by atoms with Gasteiger partial charge in [-0.15, -0.1) is 11.3 Å². The van der Waals surface area contributed by atoms with E-state index in [0.717, 1.165) is 11.0 Å². The largest absolute Gasteiger partial charge is 0.478 e. The van der Waals surface area contributed by atoms with Crippen molar-refractivity contribution in [3.63, 3.8) is 0 Å². The number of aliphatic hydroxyl groups is 3. The fourth-order valence-corrected chi connectivity index (χ4v) is 3.18. The second kappa shape index (κ2) is 10.2. The number of rotatable bonds is 7. The van der Waals surface area contributed by atoms with Crippen LogP contribution >= 0.6 is 11.3 Å². The van der Waals surface area contributed by atoms with Crippen molar-refractivity contribution in [2.75, 3.05) is 13.2 Å². The van der Waals surface area contributed by atoms with E-state index in [2.05, 4.69) is 17.2 Å². The number of carboxylic acids is 1. The number of carbonyl (C=O) groups is 2. The fourth-order valence-electron chi connectivity index (χ4n) is 2.59. The first-order valence-corrected chi connectivity index (χ1v) is 9.21. The van der Waals surface area contributed by atoms with E-state index in [-0.39, 0.29) is 6.61 Å². The molecule has 1 aromatic heterocycles. The van der Waals surface area contributed by atoms with Gasteiger partial charge in [-0.3, -0.25) is 4.79 Å². The number of thiophene rings is 1. The number of aliphatic hydroxyl groups excluding tert-OH is 3. The highest BCUT2D eigenvalue weighted by Crippen LogP contribution is 2.24. The molecule has 2 heterocycles. The zero-order valence-corrected chi connectivity index (χ0v) is 15.8. The molecule has 1 amide bonds. The SMILES string of the molecule is CC(=O)N[C@H]1[C@@H]([C@H](O)[C@H](O)CO)OC(C(=O)O)=C[C@@H]1OCC#Cc1cccs1. The lowest BCUT2D eigenvalue weighted by Gasteiger charge is -2.39. The summed E-state index contributed by atoms with van der Waals surface area (Å²) < 4.78 is 10.9. The number of hydrogen-bond donors (Lipinski definition) is 5. The molecule has 28 heavy (non-hydrogen) atoms. The van der Waals surface area contributed by atoms with Gasteiger partial charge in [-0.2, -0.15) is 0 Å². The Morgan fingerprint density at radius 2 is 2.18 bits per heavy atom. The van der Waals surface area contributed by atoms with Gasteiger partial charge in [-0.05, 0) is 17.5 Å². The molecule has 152 valence electrons. The maximum Gasteiger partial charge on any atom is 0.370 e. The van der Waals surface area contributed by atoms with Gasteiger partial charge in [-0.1, -0.05) is 17.9 Å². The Morgan fingerprint density at radius 3 is 2.75 bits per heavy atom. The van der Waals surface area contributed by atoms with E-state index in [1.807, 2.05) is 17.5 Å². The van der Waals surface area contributed by atoms with Crippen molar-refractivity contribution in [1.82, 2.24) is 5.32 Å². The molecule has 0 spiro atoms. The van der Waals surface area contributed by atoms with Crippen molar-refractivity contribution in [1.29, 1.82) is 0 Å². The average Bonchev–Trinajstić information content (AvgIpc) is 3.17. The normalized spacial score (nSPS) is 23.4. The van der Waals surface area contributed by atoms with Crippen LogP contribution in [0.3, 0.4) is 0 Å². The minimum Gasteiger partial charge on any atom is -0.478 e. The topological polar surface area (TPSA) is 146 Å². The maximum absolute atomic E-state index is 11.6. The molecular formula is C18H21NO8S. The molecule has 5 atom stereocenters. The Bertz CT molecular complexity index is 766. The van der Waals surface area contributed by atoms with Crippen LogP contribution in [0.4, 0.5) is 0 Å². The fraction of sp³-hybridized carbons (Fsp3) is 0.444. The first-order chi connectivity index (χ1) is 13.3. The Balaban J connectivity index is 2.24. The molecule has 9 nitrogen and oxygen atoms in total. The summed E-state index contributed by atoms with van der Waals surface area (Å²) in [5.41, 5.74) is 0. The highest BCUT2D eigenvalue weighted by Gasteiger charge is 2.44. The lowest BCUT2D eigenvalue weighted by molar-refractivity contribution is -0.151. The van der Waals surface area contributed by atoms with Crippen LogP contribution in [0.1, 0.15) is 11.8 Å². The molecule has 0 aromatic carbocycles. The molecule has 0 fully saturated rings. The van der Waals surface area contributed by atoms with Crippen molar-refractivity contribution in [2.24, 2.45) is 0 Å². The standard InChI is InChI=1S/C18H21NO8S/c1-10(21)19-15-13(26-6-2-4-11-5-3-7-28-11)8-14(18(24)25)27-17(15)16(23)12(22)9-20/h3,5,7-8,12-13,15-17,20,22-23H,6,9H2,1H3,(H,19,21)(H,24,25)/t12-,13+,15-,16-,17+/m1/s1. The summed E-state index contributed by atoms with van der Waals surface area (Å²) >= 11 is 1.45. The quantitative estimate of drug-likeness (QED) is 0.362. The van der Waals surface area contributed by atoms with Crippen LogP contribution in [0.25, 0.3) is 0 Å².